The van der Waals surface area contributed by atoms with E-state index in [0.29, 0.717) is 45.9 Å². The molecule has 0 bridgehead atoms. The molecule has 1 saturated heterocycles. The van der Waals surface area contributed by atoms with Gasteiger partial charge in [0.25, 0.3) is 5.78 Å². The van der Waals surface area contributed by atoms with Gasteiger partial charge in [0.1, 0.15) is 23.1 Å². The predicted molar refractivity (Wildman–Crippen MR) is 174 cm³/mol. The van der Waals surface area contributed by atoms with Gasteiger partial charge in [0.2, 0.25) is 5.13 Å². The summed E-state index contributed by atoms with van der Waals surface area (Å²) >= 11 is 2.56. The molecule has 3 aromatic carbocycles. The summed E-state index contributed by atoms with van der Waals surface area (Å²) in [6, 6.07) is 19.2. The maximum atomic E-state index is 13.6. The molecule has 1 N–H and O–H groups in total. The van der Waals surface area contributed by atoms with E-state index in [1.807, 2.05) is 6.92 Å². The highest BCUT2D eigenvalue weighted by Crippen LogP contribution is 2.44. The Morgan fingerprint density at radius 1 is 0.889 bits per heavy atom. The van der Waals surface area contributed by atoms with Crippen LogP contribution in [0.1, 0.15) is 62.3 Å². The number of unbranched alkanes of at least 4 members (excludes halogenated alkanes) is 2. The van der Waals surface area contributed by atoms with Gasteiger partial charge >= 0.3 is 5.91 Å². The van der Waals surface area contributed by atoms with Gasteiger partial charge in [-0.15, -0.1) is 10.2 Å². The Bertz CT molecular complexity index is 1640. The SMILES string of the molecule is CCCCCOc1ccc(C2/C(=C(/O)c3ccc(OCCC)cc3)C(=O)C(=O)N2c2nnc(SCc3ccc(F)cc3)s2)cc1. The average molecular weight is 648 g/mol. The van der Waals surface area contributed by atoms with Gasteiger partial charge in [-0.05, 0) is 72.5 Å². The molecule has 1 fully saturated rings. The number of anilines is 1. The van der Waals surface area contributed by atoms with E-state index in [1.54, 1.807) is 60.7 Å². The van der Waals surface area contributed by atoms with Crippen LogP contribution in [0.2, 0.25) is 0 Å². The van der Waals surface area contributed by atoms with Gasteiger partial charge in [-0.25, -0.2) is 4.39 Å². The predicted octanol–water partition coefficient (Wildman–Crippen LogP) is 7.95. The highest BCUT2D eigenvalue weighted by molar-refractivity contribution is 8.00. The number of aliphatic hydroxyl groups excluding tert-OH is 1. The van der Waals surface area contributed by atoms with Crippen molar-refractivity contribution in [3.8, 4) is 11.5 Å². The zero-order chi connectivity index (χ0) is 31.8. The summed E-state index contributed by atoms with van der Waals surface area (Å²) in [4.78, 5) is 28.4. The zero-order valence-corrected chi connectivity index (χ0v) is 26.7. The van der Waals surface area contributed by atoms with E-state index in [0.717, 1.165) is 31.2 Å². The maximum Gasteiger partial charge on any atom is 0.301 e. The lowest BCUT2D eigenvalue weighted by Crippen LogP contribution is -2.29. The first-order valence-corrected chi connectivity index (χ1v) is 16.7. The van der Waals surface area contributed by atoms with Crippen LogP contribution in [0.5, 0.6) is 11.5 Å². The largest absolute Gasteiger partial charge is 0.507 e. The second-order valence-electron chi connectivity index (χ2n) is 10.4. The Balaban J connectivity index is 1.47. The number of aliphatic hydroxyl groups is 1. The first-order valence-electron chi connectivity index (χ1n) is 14.9. The van der Waals surface area contributed by atoms with E-state index in [9.17, 15) is 19.1 Å². The monoisotopic (exact) mass is 647 g/mol. The van der Waals surface area contributed by atoms with Crippen LogP contribution in [0.4, 0.5) is 9.52 Å². The Hall–Kier alpha value is -4.22. The van der Waals surface area contributed by atoms with E-state index < -0.39 is 17.7 Å². The fraction of sp³-hybridized carbons (Fsp3) is 0.294. The third-order valence-corrected chi connectivity index (χ3v) is 9.26. The van der Waals surface area contributed by atoms with Crippen molar-refractivity contribution in [2.45, 2.75) is 55.7 Å². The molecule has 0 radical (unpaired) electrons. The number of aromatic nitrogens is 2. The minimum atomic E-state index is -0.946. The fourth-order valence-corrected chi connectivity index (χ4v) is 6.63. The molecule has 1 aliphatic heterocycles. The van der Waals surface area contributed by atoms with Gasteiger partial charge in [-0.3, -0.25) is 14.5 Å². The smallest absolute Gasteiger partial charge is 0.301 e. The summed E-state index contributed by atoms with van der Waals surface area (Å²) in [6.45, 7) is 5.29. The topological polar surface area (TPSA) is 102 Å². The number of amides is 1. The summed E-state index contributed by atoms with van der Waals surface area (Å²) in [6.07, 6.45) is 3.96. The van der Waals surface area contributed by atoms with E-state index in [-0.39, 0.29) is 22.3 Å². The normalized spacial score (nSPS) is 15.9. The van der Waals surface area contributed by atoms with E-state index in [4.69, 9.17) is 9.47 Å². The van der Waals surface area contributed by atoms with E-state index >= 15 is 0 Å². The Morgan fingerprint density at radius 2 is 1.56 bits per heavy atom. The summed E-state index contributed by atoms with van der Waals surface area (Å²) in [5.74, 6) is -0.402. The van der Waals surface area contributed by atoms with Crippen LogP contribution in [0, 0.1) is 5.82 Å². The van der Waals surface area contributed by atoms with Crippen molar-refractivity contribution < 1.29 is 28.6 Å². The zero-order valence-electron chi connectivity index (χ0n) is 25.1. The number of rotatable bonds is 14. The Kier molecular flexibility index (Phi) is 10.9. The van der Waals surface area contributed by atoms with Crippen LogP contribution in [0.3, 0.4) is 0 Å². The van der Waals surface area contributed by atoms with E-state index in [1.165, 1.54) is 40.1 Å². The average Bonchev–Trinajstić information content (AvgIpc) is 3.63. The quantitative estimate of drug-likeness (QED) is 0.0368. The molecule has 1 unspecified atom stereocenters. The van der Waals surface area contributed by atoms with Gasteiger partial charge in [-0.2, -0.15) is 0 Å². The van der Waals surface area contributed by atoms with Crippen LogP contribution in [0.15, 0.2) is 82.7 Å². The van der Waals surface area contributed by atoms with Gasteiger partial charge in [0, 0.05) is 11.3 Å². The van der Waals surface area contributed by atoms with Crippen LogP contribution in [0.25, 0.3) is 5.76 Å². The van der Waals surface area contributed by atoms with Crippen molar-refractivity contribution in [1.82, 2.24) is 10.2 Å². The van der Waals surface area contributed by atoms with Crippen molar-refractivity contribution >= 4 is 45.7 Å². The van der Waals surface area contributed by atoms with Gasteiger partial charge in [0.15, 0.2) is 4.34 Å². The molecular weight excluding hydrogens is 614 g/mol. The number of ether oxygens (including phenoxy) is 2. The molecule has 234 valence electrons. The molecule has 4 aromatic rings. The number of nitrogens with zero attached hydrogens (tertiary/aromatic N) is 3. The highest BCUT2D eigenvalue weighted by atomic mass is 32.2. The minimum Gasteiger partial charge on any atom is -0.507 e. The fourth-order valence-electron chi connectivity index (χ4n) is 4.80. The third kappa shape index (κ3) is 7.72. The first-order chi connectivity index (χ1) is 21.9. The van der Waals surface area contributed by atoms with E-state index in [2.05, 4.69) is 17.1 Å². The summed E-state index contributed by atoms with van der Waals surface area (Å²) in [5, 5.41) is 20.2. The standard InChI is InChI=1S/C34H34FN3O5S2/c1-3-5-6-20-43-27-15-9-23(10-16-27)29-28(30(39)24-11-17-26(18-12-24)42-19-4-2)31(40)32(41)38(29)33-36-37-34(45-33)44-21-22-7-13-25(35)14-8-22/h7-18,29,39H,3-6,19-21H2,1-2H3/b30-28-. The molecule has 1 aliphatic rings. The highest BCUT2D eigenvalue weighted by Gasteiger charge is 2.48. The lowest BCUT2D eigenvalue weighted by molar-refractivity contribution is -0.132. The molecule has 0 aliphatic carbocycles. The summed E-state index contributed by atoms with van der Waals surface area (Å²) in [7, 11) is 0. The van der Waals surface area contributed by atoms with Crippen molar-refractivity contribution in [3.05, 3.63) is 101 Å². The van der Waals surface area contributed by atoms with Gasteiger partial charge in [-0.1, -0.05) is 74.1 Å². The van der Waals surface area contributed by atoms with Crippen molar-refractivity contribution in [3.63, 3.8) is 0 Å². The maximum absolute atomic E-state index is 13.6. The molecule has 0 saturated carbocycles. The molecule has 0 spiro atoms. The van der Waals surface area contributed by atoms with Crippen LogP contribution >= 0.6 is 23.1 Å². The summed E-state index contributed by atoms with van der Waals surface area (Å²) < 4.78 is 25.4. The lowest BCUT2D eigenvalue weighted by Gasteiger charge is -2.22. The number of halogens is 1. The second kappa shape index (κ2) is 15.2. The van der Waals surface area contributed by atoms with Gasteiger partial charge in [0.05, 0.1) is 24.8 Å². The third-order valence-electron chi connectivity index (χ3n) is 7.13. The van der Waals surface area contributed by atoms with Crippen LogP contribution in [-0.4, -0.2) is 40.2 Å². The number of carbonyl (C=O) groups excluding carboxylic acids is 2. The van der Waals surface area contributed by atoms with Crippen molar-refractivity contribution in [2.24, 2.45) is 0 Å². The Morgan fingerprint density at radius 3 is 2.22 bits per heavy atom. The molecule has 11 heteroatoms. The second-order valence-corrected chi connectivity index (χ2v) is 12.6. The number of hydrogen-bond acceptors (Lipinski definition) is 9. The lowest BCUT2D eigenvalue weighted by atomic mass is 9.95. The van der Waals surface area contributed by atoms with Crippen molar-refractivity contribution in [2.75, 3.05) is 18.1 Å². The van der Waals surface area contributed by atoms with Gasteiger partial charge < -0.3 is 14.6 Å². The molecule has 5 rings (SSSR count). The molecule has 45 heavy (non-hydrogen) atoms. The Labute approximate surface area is 269 Å². The number of carbonyl (C=O) groups is 2. The van der Waals surface area contributed by atoms with Crippen molar-refractivity contribution in [1.29, 1.82) is 0 Å². The number of hydrogen-bond donors (Lipinski definition) is 1. The van der Waals surface area contributed by atoms with Crippen LogP contribution in [-0.2, 0) is 15.3 Å². The minimum absolute atomic E-state index is 0.0467. The molecule has 1 amide bonds. The number of Topliss-reactive ketones (excluding diaryl/α,β-unsaturated/α-hetero) is 1. The molecule has 1 aromatic heterocycles. The molecular formula is C34H34FN3O5S2. The summed E-state index contributed by atoms with van der Waals surface area (Å²) in [5.41, 5.74) is 1.84. The molecule has 2 heterocycles. The number of benzene rings is 3. The number of ketones is 1. The first kappa shape index (κ1) is 32.2. The molecule has 8 nitrogen and oxygen atoms in total. The number of thioether (sulfide) groups is 1. The van der Waals surface area contributed by atoms with Crippen LogP contribution < -0.4 is 14.4 Å². The molecule has 1 atom stereocenters.